The Bertz CT molecular complexity index is 543. The molecule has 1 fully saturated rings. The maximum absolute atomic E-state index is 12.3. The maximum atomic E-state index is 12.3. The molecular weight excluding hydrogens is 300 g/mol. The number of nitrogens with one attached hydrogen (secondary N) is 2. The van der Waals surface area contributed by atoms with Crippen molar-refractivity contribution in [3.05, 3.63) is 35.4 Å². The molecule has 0 unspecified atom stereocenters. The highest BCUT2D eigenvalue weighted by Gasteiger charge is 2.29. The highest BCUT2D eigenvalue weighted by atomic mass is 16.2. The summed E-state index contributed by atoms with van der Waals surface area (Å²) in [4.78, 5) is 24.4. The van der Waals surface area contributed by atoms with E-state index in [0.29, 0.717) is 12.5 Å². The second-order valence-electron chi connectivity index (χ2n) is 7.39. The van der Waals surface area contributed by atoms with Crippen molar-refractivity contribution in [3.8, 4) is 0 Å². The van der Waals surface area contributed by atoms with E-state index < -0.39 is 0 Å². The van der Waals surface area contributed by atoms with Crippen LogP contribution in [0.1, 0.15) is 50.7 Å². The predicted octanol–water partition coefficient (Wildman–Crippen LogP) is 3.19. The van der Waals surface area contributed by atoms with Crippen molar-refractivity contribution in [1.82, 2.24) is 10.6 Å². The van der Waals surface area contributed by atoms with Crippen molar-refractivity contribution in [1.29, 1.82) is 0 Å². The quantitative estimate of drug-likeness (QED) is 0.841. The van der Waals surface area contributed by atoms with E-state index in [4.69, 9.17) is 0 Å². The predicted molar refractivity (Wildman–Crippen MR) is 96.3 cm³/mol. The summed E-state index contributed by atoms with van der Waals surface area (Å²) < 4.78 is 0. The zero-order valence-corrected chi connectivity index (χ0v) is 15.1. The van der Waals surface area contributed by atoms with Crippen molar-refractivity contribution in [2.45, 2.75) is 53.0 Å². The third-order valence-corrected chi connectivity index (χ3v) is 4.74. The molecule has 0 atom stereocenters. The zero-order chi connectivity index (χ0) is 17.5. The van der Waals surface area contributed by atoms with Crippen LogP contribution >= 0.6 is 0 Å². The number of amides is 2. The Morgan fingerprint density at radius 1 is 0.958 bits per heavy atom. The lowest BCUT2D eigenvalue weighted by molar-refractivity contribution is -0.130. The molecule has 1 saturated carbocycles. The topological polar surface area (TPSA) is 58.2 Å². The van der Waals surface area contributed by atoms with Gasteiger partial charge < -0.3 is 10.6 Å². The Morgan fingerprint density at radius 2 is 1.46 bits per heavy atom. The van der Waals surface area contributed by atoms with Gasteiger partial charge in [0.1, 0.15) is 0 Å². The van der Waals surface area contributed by atoms with Crippen LogP contribution in [0.25, 0.3) is 0 Å². The first-order valence-electron chi connectivity index (χ1n) is 9.06. The van der Waals surface area contributed by atoms with E-state index in [1.54, 1.807) is 0 Å². The molecule has 24 heavy (non-hydrogen) atoms. The highest BCUT2D eigenvalue weighted by Crippen LogP contribution is 2.29. The molecule has 2 rings (SSSR count). The summed E-state index contributed by atoms with van der Waals surface area (Å²) in [7, 11) is 0. The molecule has 132 valence electrons. The molecule has 0 spiro atoms. The van der Waals surface area contributed by atoms with Gasteiger partial charge in [-0.05, 0) is 44.1 Å². The Hall–Kier alpha value is -1.84. The Labute approximate surface area is 145 Å². The van der Waals surface area contributed by atoms with E-state index in [9.17, 15) is 9.59 Å². The van der Waals surface area contributed by atoms with Crippen LogP contribution in [0.3, 0.4) is 0 Å². The van der Waals surface area contributed by atoms with Gasteiger partial charge in [-0.2, -0.15) is 0 Å². The van der Waals surface area contributed by atoms with Gasteiger partial charge >= 0.3 is 0 Å². The largest absolute Gasteiger partial charge is 0.356 e. The van der Waals surface area contributed by atoms with Gasteiger partial charge in [0.15, 0.2) is 0 Å². The lowest BCUT2D eigenvalue weighted by atomic mass is 9.81. The summed E-state index contributed by atoms with van der Waals surface area (Å²) in [6.45, 7) is 7.55. The van der Waals surface area contributed by atoms with E-state index in [2.05, 4.69) is 43.5 Å². The minimum absolute atomic E-state index is 0.0459. The summed E-state index contributed by atoms with van der Waals surface area (Å²) in [5.74, 6) is 0.867. The van der Waals surface area contributed by atoms with Crippen LogP contribution in [0.2, 0.25) is 0 Å². The van der Waals surface area contributed by atoms with Crippen molar-refractivity contribution in [2.24, 2.45) is 17.8 Å². The van der Waals surface area contributed by atoms with Gasteiger partial charge in [-0.1, -0.05) is 43.7 Å². The molecule has 2 N–H and O–H groups in total. The summed E-state index contributed by atoms with van der Waals surface area (Å²) in [6.07, 6.45) is 3.23. The SMILES string of the molecule is Cc1ccc(CNC(=O)C2CCC(C(=O)NCC(C)C)CC2)cc1. The Balaban J connectivity index is 1.72. The van der Waals surface area contributed by atoms with E-state index in [0.717, 1.165) is 37.8 Å². The van der Waals surface area contributed by atoms with Gasteiger partial charge in [0.2, 0.25) is 11.8 Å². The van der Waals surface area contributed by atoms with Gasteiger partial charge in [-0.3, -0.25) is 9.59 Å². The minimum Gasteiger partial charge on any atom is -0.356 e. The number of rotatable bonds is 6. The highest BCUT2D eigenvalue weighted by molar-refractivity contribution is 5.81. The van der Waals surface area contributed by atoms with Gasteiger partial charge in [0.05, 0.1) is 0 Å². The maximum Gasteiger partial charge on any atom is 0.223 e. The fraction of sp³-hybridized carbons (Fsp3) is 0.600. The zero-order valence-electron chi connectivity index (χ0n) is 15.1. The normalized spacial score (nSPS) is 20.7. The molecule has 0 saturated heterocycles. The van der Waals surface area contributed by atoms with Crippen LogP contribution in [-0.4, -0.2) is 18.4 Å². The lowest BCUT2D eigenvalue weighted by Crippen LogP contribution is -2.38. The average molecular weight is 330 g/mol. The van der Waals surface area contributed by atoms with Gasteiger partial charge in [-0.15, -0.1) is 0 Å². The van der Waals surface area contributed by atoms with E-state index in [-0.39, 0.29) is 23.7 Å². The standard InChI is InChI=1S/C20H30N2O2/c1-14(2)12-21-19(23)17-8-10-18(11-9-17)20(24)22-13-16-6-4-15(3)5-7-16/h4-7,14,17-18H,8-13H2,1-3H3,(H,21,23)(H,22,24). The van der Waals surface area contributed by atoms with Crippen LogP contribution in [-0.2, 0) is 16.1 Å². The fourth-order valence-electron chi connectivity index (χ4n) is 3.11. The van der Waals surface area contributed by atoms with Crippen molar-refractivity contribution in [3.63, 3.8) is 0 Å². The molecule has 4 heteroatoms. The number of hydrogen-bond acceptors (Lipinski definition) is 2. The molecule has 1 aromatic carbocycles. The third-order valence-electron chi connectivity index (χ3n) is 4.74. The number of carbonyl (C=O) groups excluding carboxylic acids is 2. The molecule has 0 radical (unpaired) electrons. The van der Waals surface area contributed by atoms with E-state index in [1.165, 1.54) is 5.56 Å². The lowest BCUT2D eigenvalue weighted by Gasteiger charge is -2.27. The molecule has 4 nitrogen and oxygen atoms in total. The Kier molecular flexibility index (Phi) is 6.83. The first-order chi connectivity index (χ1) is 11.5. The number of aryl methyl sites for hydroxylation is 1. The van der Waals surface area contributed by atoms with Crippen LogP contribution in [0.15, 0.2) is 24.3 Å². The molecule has 0 aromatic heterocycles. The van der Waals surface area contributed by atoms with Crippen LogP contribution in [0.5, 0.6) is 0 Å². The minimum atomic E-state index is 0.0459. The molecule has 0 heterocycles. The summed E-state index contributed by atoms with van der Waals surface area (Å²) >= 11 is 0. The summed E-state index contributed by atoms with van der Waals surface area (Å²) in [5, 5.41) is 6.04. The average Bonchev–Trinajstić information content (AvgIpc) is 2.59. The summed E-state index contributed by atoms with van der Waals surface area (Å²) in [6, 6.07) is 8.21. The van der Waals surface area contributed by atoms with Crippen molar-refractivity contribution < 1.29 is 9.59 Å². The van der Waals surface area contributed by atoms with Gasteiger partial charge in [0, 0.05) is 24.9 Å². The van der Waals surface area contributed by atoms with Crippen LogP contribution in [0, 0.1) is 24.7 Å². The monoisotopic (exact) mass is 330 g/mol. The number of hydrogen-bond donors (Lipinski definition) is 2. The molecule has 1 aliphatic rings. The Morgan fingerprint density at radius 3 is 1.96 bits per heavy atom. The molecule has 2 amide bonds. The molecule has 0 aliphatic heterocycles. The smallest absolute Gasteiger partial charge is 0.223 e. The van der Waals surface area contributed by atoms with Crippen LogP contribution < -0.4 is 10.6 Å². The second kappa shape index (κ2) is 8.86. The third kappa shape index (κ3) is 5.66. The van der Waals surface area contributed by atoms with Gasteiger partial charge in [-0.25, -0.2) is 0 Å². The second-order valence-corrected chi connectivity index (χ2v) is 7.39. The van der Waals surface area contributed by atoms with E-state index in [1.807, 2.05) is 12.1 Å². The molecule has 1 aliphatic carbocycles. The van der Waals surface area contributed by atoms with Crippen LogP contribution in [0.4, 0.5) is 0 Å². The molecular formula is C20H30N2O2. The van der Waals surface area contributed by atoms with Gasteiger partial charge in [0.25, 0.3) is 0 Å². The van der Waals surface area contributed by atoms with Crippen molar-refractivity contribution >= 4 is 11.8 Å². The molecule has 0 bridgehead atoms. The summed E-state index contributed by atoms with van der Waals surface area (Å²) in [5.41, 5.74) is 2.34. The molecule has 1 aromatic rings. The fourth-order valence-corrected chi connectivity index (χ4v) is 3.11. The first-order valence-corrected chi connectivity index (χ1v) is 9.06. The van der Waals surface area contributed by atoms with E-state index >= 15 is 0 Å². The number of benzene rings is 1. The first kappa shape index (κ1) is 18.5. The number of carbonyl (C=O) groups is 2. The van der Waals surface area contributed by atoms with Crippen molar-refractivity contribution in [2.75, 3.05) is 6.54 Å².